The third kappa shape index (κ3) is 2.93. The fourth-order valence-corrected chi connectivity index (χ4v) is 2.34. The second-order valence-electron chi connectivity index (χ2n) is 4.25. The molecule has 1 fully saturated rings. The zero-order chi connectivity index (χ0) is 10.7. The average Bonchev–Trinajstić information content (AvgIpc) is 2.65. The SMILES string of the molecule is CCC1CCN(Cc2cccc(Cl)n2)C1. The minimum absolute atomic E-state index is 0.596. The van der Waals surface area contributed by atoms with E-state index in [1.165, 1.54) is 25.9 Å². The molecule has 0 amide bonds. The van der Waals surface area contributed by atoms with Gasteiger partial charge in [0.05, 0.1) is 5.69 Å². The van der Waals surface area contributed by atoms with Crippen LogP contribution in [0.4, 0.5) is 0 Å². The normalized spacial score (nSPS) is 22.1. The molecule has 1 aromatic rings. The Morgan fingerprint density at radius 3 is 3.07 bits per heavy atom. The molecule has 0 bridgehead atoms. The summed E-state index contributed by atoms with van der Waals surface area (Å²) in [7, 11) is 0. The van der Waals surface area contributed by atoms with Crippen LogP contribution in [-0.2, 0) is 6.54 Å². The summed E-state index contributed by atoms with van der Waals surface area (Å²) in [5.74, 6) is 0.879. The molecule has 0 aromatic carbocycles. The standard InChI is InChI=1S/C12H17ClN2/c1-2-10-6-7-15(8-10)9-11-4-3-5-12(13)14-11/h3-5,10H,2,6-9H2,1H3. The zero-order valence-electron chi connectivity index (χ0n) is 9.12. The van der Waals surface area contributed by atoms with Gasteiger partial charge in [0, 0.05) is 13.1 Å². The maximum atomic E-state index is 5.86. The van der Waals surface area contributed by atoms with Gasteiger partial charge in [-0.05, 0) is 31.0 Å². The van der Waals surface area contributed by atoms with Gasteiger partial charge in [0.25, 0.3) is 0 Å². The molecule has 0 N–H and O–H groups in total. The average molecular weight is 225 g/mol. The Morgan fingerprint density at radius 2 is 2.40 bits per heavy atom. The van der Waals surface area contributed by atoms with E-state index in [0.717, 1.165) is 18.2 Å². The molecule has 0 radical (unpaired) electrons. The van der Waals surface area contributed by atoms with Crippen LogP contribution in [0.5, 0.6) is 0 Å². The lowest BCUT2D eigenvalue weighted by Gasteiger charge is -2.14. The van der Waals surface area contributed by atoms with E-state index in [0.29, 0.717) is 5.15 Å². The number of halogens is 1. The van der Waals surface area contributed by atoms with E-state index in [2.05, 4.69) is 16.8 Å². The van der Waals surface area contributed by atoms with Crippen LogP contribution in [0.3, 0.4) is 0 Å². The van der Waals surface area contributed by atoms with Crippen molar-refractivity contribution in [3.63, 3.8) is 0 Å². The largest absolute Gasteiger partial charge is 0.297 e. The summed E-state index contributed by atoms with van der Waals surface area (Å²) in [6.45, 7) is 5.63. The summed E-state index contributed by atoms with van der Waals surface area (Å²) in [5.41, 5.74) is 1.08. The minimum atomic E-state index is 0.596. The van der Waals surface area contributed by atoms with Crippen LogP contribution in [0.25, 0.3) is 0 Å². The van der Waals surface area contributed by atoms with Crippen LogP contribution in [0.15, 0.2) is 18.2 Å². The van der Waals surface area contributed by atoms with Crippen molar-refractivity contribution in [2.24, 2.45) is 5.92 Å². The molecule has 1 unspecified atom stereocenters. The van der Waals surface area contributed by atoms with Crippen molar-refractivity contribution in [1.82, 2.24) is 9.88 Å². The van der Waals surface area contributed by atoms with Crippen LogP contribution in [0, 0.1) is 5.92 Å². The van der Waals surface area contributed by atoms with Crippen LogP contribution in [0.1, 0.15) is 25.5 Å². The third-order valence-electron chi connectivity index (χ3n) is 3.11. The summed E-state index contributed by atoms with van der Waals surface area (Å²) < 4.78 is 0. The molecule has 1 aliphatic rings. The highest BCUT2D eigenvalue weighted by Gasteiger charge is 2.20. The van der Waals surface area contributed by atoms with Crippen molar-refractivity contribution >= 4 is 11.6 Å². The molecule has 2 heterocycles. The maximum Gasteiger partial charge on any atom is 0.129 e. The highest BCUT2D eigenvalue weighted by atomic mass is 35.5. The van der Waals surface area contributed by atoms with Gasteiger partial charge in [0.15, 0.2) is 0 Å². The molecule has 0 saturated carbocycles. The molecular weight excluding hydrogens is 208 g/mol. The summed E-state index contributed by atoms with van der Waals surface area (Å²) in [6, 6.07) is 5.84. The highest BCUT2D eigenvalue weighted by molar-refractivity contribution is 6.29. The first-order valence-electron chi connectivity index (χ1n) is 5.61. The maximum absolute atomic E-state index is 5.86. The van der Waals surface area contributed by atoms with Crippen molar-refractivity contribution < 1.29 is 0 Å². The van der Waals surface area contributed by atoms with Gasteiger partial charge in [-0.2, -0.15) is 0 Å². The first kappa shape index (κ1) is 10.9. The van der Waals surface area contributed by atoms with Gasteiger partial charge in [-0.25, -0.2) is 4.98 Å². The number of pyridine rings is 1. The molecule has 2 rings (SSSR count). The Hall–Kier alpha value is -0.600. The van der Waals surface area contributed by atoms with Gasteiger partial charge in [0.1, 0.15) is 5.15 Å². The van der Waals surface area contributed by atoms with Crippen LogP contribution >= 0.6 is 11.6 Å². The lowest BCUT2D eigenvalue weighted by Crippen LogP contribution is -2.20. The lowest BCUT2D eigenvalue weighted by atomic mass is 10.1. The molecule has 1 aromatic heterocycles. The molecule has 1 saturated heterocycles. The van der Waals surface area contributed by atoms with E-state index in [-0.39, 0.29) is 0 Å². The lowest BCUT2D eigenvalue weighted by molar-refractivity contribution is 0.311. The second-order valence-corrected chi connectivity index (χ2v) is 4.64. The van der Waals surface area contributed by atoms with Gasteiger partial charge in [-0.15, -0.1) is 0 Å². The van der Waals surface area contributed by atoms with Crippen LogP contribution in [0.2, 0.25) is 5.15 Å². The summed E-state index contributed by atoms with van der Waals surface area (Å²) in [6.07, 6.45) is 2.62. The molecule has 3 heteroatoms. The number of aromatic nitrogens is 1. The Bertz CT molecular complexity index is 327. The van der Waals surface area contributed by atoms with Gasteiger partial charge in [-0.1, -0.05) is 31.0 Å². The van der Waals surface area contributed by atoms with Crippen LogP contribution in [-0.4, -0.2) is 23.0 Å². The van der Waals surface area contributed by atoms with Gasteiger partial charge < -0.3 is 0 Å². The van der Waals surface area contributed by atoms with E-state index in [9.17, 15) is 0 Å². The predicted molar refractivity (Wildman–Crippen MR) is 62.9 cm³/mol. The van der Waals surface area contributed by atoms with Crippen molar-refractivity contribution in [3.05, 3.63) is 29.0 Å². The third-order valence-corrected chi connectivity index (χ3v) is 3.32. The van der Waals surface area contributed by atoms with Crippen molar-refractivity contribution in [2.45, 2.75) is 26.3 Å². The number of rotatable bonds is 3. The molecule has 0 spiro atoms. The van der Waals surface area contributed by atoms with E-state index in [1.807, 2.05) is 18.2 Å². The van der Waals surface area contributed by atoms with Gasteiger partial charge in [-0.3, -0.25) is 4.90 Å². The van der Waals surface area contributed by atoms with E-state index < -0.39 is 0 Å². The fourth-order valence-electron chi connectivity index (χ4n) is 2.16. The van der Waals surface area contributed by atoms with E-state index in [1.54, 1.807) is 0 Å². The number of nitrogens with zero attached hydrogens (tertiary/aromatic N) is 2. The number of likely N-dealkylation sites (tertiary alicyclic amines) is 1. The minimum Gasteiger partial charge on any atom is -0.297 e. The molecule has 1 aliphatic heterocycles. The van der Waals surface area contributed by atoms with Crippen molar-refractivity contribution in [1.29, 1.82) is 0 Å². The van der Waals surface area contributed by atoms with E-state index >= 15 is 0 Å². The predicted octanol–water partition coefficient (Wildman–Crippen LogP) is 2.97. The Balaban J connectivity index is 1.92. The Kier molecular flexibility index (Phi) is 3.60. The molecule has 0 aliphatic carbocycles. The van der Waals surface area contributed by atoms with Crippen LogP contribution < -0.4 is 0 Å². The topological polar surface area (TPSA) is 16.1 Å². The monoisotopic (exact) mass is 224 g/mol. The molecule has 15 heavy (non-hydrogen) atoms. The van der Waals surface area contributed by atoms with Crippen molar-refractivity contribution in [3.8, 4) is 0 Å². The summed E-state index contributed by atoms with van der Waals surface area (Å²) >= 11 is 5.86. The Labute approximate surface area is 96.3 Å². The zero-order valence-corrected chi connectivity index (χ0v) is 9.87. The first-order chi connectivity index (χ1) is 7.28. The van der Waals surface area contributed by atoms with Gasteiger partial charge in [0.2, 0.25) is 0 Å². The van der Waals surface area contributed by atoms with Crippen molar-refractivity contribution in [2.75, 3.05) is 13.1 Å². The smallest absolute Gasteiger partial charge is 0.129 e. The highest BCUT2D eigenvalue weighted by Crippen LogP contribution is 2.20. The summed E-state index contributed by atoms with van der Waals surface area (Å²) in [5, 5.41) is 0.596. The first-order valence-corrected chi connectivity index (χ1v) is 5.99. The molecule has 2 nitrogen and oxygen atoms in total. The Morgan fingerprint density at radius 1 is 1.53 bits per heavy atom. The van der Waals surface area contributed by atoms with E-state index in [4.69, 9.17) is 11.6 Å². The molecular formula is C12H17ClN2. The molecule has 82 valence electrons. The molecule has 1 atom stereocenters. The summed E-state index contributed by atoms with van der Waals surface area (Å²) in [4.78, 5) is 6.78. The number of hydrogen-bond acceptors (Lipinski definition) is 2. The fraction of sp³-hybridized carbons (Fsp3) is 0.583. The number of hydrogen-bond donors (Lipinski definition) is 0. The van der Waals surface area contributed by atoms with Gasteiger partial charge >= 0.3 is 0 Å². The second kappa shape index (κ2) is 4.95. The quantitative estimate of drug-likeness (QED) is 0.734.